The number of aromatic nitrogens is 1. The van der Waals surface area contributed by atoms with Crippen molar-refractivity contribution in [2.75, 3.05) is 7.11 Å². The van der Waals surface area contributed by atoms with E-state index in [-0.39, 0.29) is 5.97 Å². The number of aryl methyl sites for hydroxylation is 1. The number of hydrogen-bond donors (Lipinski definition) is 1. The van der Waals surface area contributed by atoms with Crippen LogP contribution in [0.25, 0.3) is 11.3 Å². The van der Waals surface area contributed by atoms with E-state index in [9.17, 15) is 4.79 Å². The van der Waals surface area contributed by atoms with Crippen molar-refractivity contribution >= 4 is 5.97 Å². The first-order valence-electron chi connectivity index (χ1n) is 5.05. The first-order chi connectivity index (χ1) is 7.74. The molecule has 0 radical (unpaired) electrons. The van der Waals surface area contributed by atoms with E-state index in [0.717, 1.165) is 16.8 Å². The summed E-state index contributed by atoms with van der Waals surface area (Å²) in [4.78, 5) is 14.8. The molecule has 1 N–H and O–H groups in total. The lowest BCUT2D eigenvalue weighted by Crippen LogP contribution is -2.03. The van der Waals surface area contributed by atoms with Gasteiger partial charge >= 0.3 is 5.97 Å². The number of rotatable bonds is 2. The van der Waals surface area contributed by atoms with Gasteiger partial charge in [-0.2, -0.15) is 0 Å². The van der Waals surface area contributed by atoms with Crippen molar-refractivity contribution < 1.29 is 9.53 Å². The second kappa shape index (κ2) is 4.23. The Hall–Kier alpha value is -2.03. The zero-order valence-corrected chi connectivity index (χ0v) is 9.28. The number of esters is 1. The summed E-state index contributed by atoms with van der Waals surface area (Å²) in [7, 11) is 1.39. The van der Waals surface area contributed by atoms with Gasteiger partial charge in [-0.3, -0.25) is 0 Å². The minimum atomic E-state index is -0.308. The summed E-state index contributed by atoms with van der Waals surface area (Å²) in [5.41, 5.74) is 3.29. The summed E-state index contributed by atoms with van der Waals surface area (Å²) in [5, 5.41) is 0. The number of H-pyrrole nitrogens is 1. The Kier molecular flexibility index (Phi) is 2.77. The lowest BCUT2D eigenvalue weighted by Gasteiger charge is -2.03. The fourth-order valence-corrected chi connectivity index (χ4v) is 1.72. The Morgan fingerprint density at radius 1 is 1.25 bits per heavy atom. The highest BCUT2D eigenvalue weighted by molar-refractivity contribution is 5.97. The predicted octanol–water partition coefficient (Wildman–Crippen LogP) is 2.78. The van der Waals surface area contributed by atoms with Gasteiger partial charge in [-0.1, -0.05) is 30.3 Å². The van der Waals surface area contributed by atoms with Crippen molar-refractivity contribution in [3.05, 3.63) is 47.7 Å². The van der Waals surface area contributed by atoms with E-state index in [0.29, 0.717) is 5.56 Å². The van der Waals surface area contributed by atoms with Crippen LogP contribution >= 0.6 is 0 Å². The van der Waals surface area contributed by atoms with Gasteiger partial charge in [0.05, 0.1) is 18.4 Å². The zero-order valence-electron chi connectivity index (χ0n) is 9.28. The Morgan fingerprint density at radius 3 is 2.56 bits per heavy atom. The highest BCUT2D eigenvalue weighted by atomic mass is 16.5. The number of ether oxygens (including phenoxy) is 1. The lowest BCUT2D eigenvalue weighted by molar-refractivity contribution is 0.0601. The molecule has 3 nitrogen and oxygen atoms in total. The number of nitrogens with one attached hydrogen (secondary N) is 1. The average Bonchev–Trinajstić information content (AvgIpc) is 2.71. The molecule has 0 amide bonds. The van der Waals surface area contributed by atoms with Gasteiger partial charge < -0.3 is 9.72 Å². The molecule has 0 saturated carbocycles. The number of methoxy groups -OCH3 is 1. The quantitative estimate of drug-likeness (QED) is 0.783. The summed E-state index contributed by atoms with van der Waals surface area (Å²) in [6, 6.07) is 9.73. The molecule has 0 aliphatic heterocycles. The second-order valence-corrected chi connectivity index (χ2v) is 3.58. The fourth-order valence-electron chi connectivity index (χ4n) is 1.72. The maximum atomic E-state index is 11.6. The number of aromatic amines is 1. The van der Waals surface area contributed by atoms with E-state index in [1.807, 2.05) is 43.5 Å². The van der Waals surface area contributed by atoms with Crippen molar-refractivity contribution in [1.82, 2.24) is 4.98 Å². The Labute approximate surface area is 94.1 Å². The van der Waals surface area contributed by atoms with Crippen molar-refractivity contribution in [2.45, 2.75) is 6.92 Å². The van der Waals surface area contributed by atoms with E-state index in [2.05, 4.69) is 4.98 Å². The van der Waals surface area contributed by atoms with Crippen molar-refractivity contribution in [3.8, 4) is 11.3 Å². The van der Waals surface area contributed by atoms with Crippen molar-refractivity contribution in [3.63, 3.8) is 0 Å². The zero-order chi connectivity index (χ0) is 11.5. The van der Waals surface area contributed by atoms with Crippen LogP contribution in [0.5, 0.6) is 0 Å². The Balaban J connectivity index is 2.55. The Morgan fingerprint density at radius 2 is 1.94 bits per heavy atom. The molecule has 16 heavy (non-hydrogen) atoms. The molecule has 0 aliphatic carbocycles. The SMILES string of the molecule is COC(=O)c1c(C)c[nH]c1-c1ccccc1. The summed E-state index contributed by atoms with van der Waals surface area (Å²) in [5.74, 6) is -0.308. The lowest BCUT2D eigenvalue weighted by atomic mass is 10.1. The molecule has 0 atom stereocenters. The van der Waals surface area contributed by atoms with Gasteiger partial charge in [-0.15, -0.1) is 0 Å². The van der Waals surface area contributed by atoms with Gasteiger partial charge in [0, 0.05) is 6.20 Å². The molecule has 3 heteroatoms. The summed E-state index contributed by atoms with van der Waals surface area (Å²) >= 11 is 0. The standard InChI is InChI=1S/C13H13NO2/c1-9-8-14-12(11(9)13(15)16-2)10-6-4-3-5-7-10/h3-8,14H,1-2H3. The maximum Gasteiger partial charge on any atom is 0.340 e. The molecule has 0 aliphatic rings. The van der Waals surface area contributed by atoms with E-state index in [1.54, 1.807) is 0 Å². The molecule has 2 aromatic rings. The monoisotopic (exact) mass is 215 g/mol. The topological polar surface area (TPSA) is 42.1 Å². The van der Waals surface area contributed by atoms with Gasteiger partial charge in [-0.05, 0) is 18.1 Å². The van der Waals surface area contributed by atoms with Gasteiger partial charge in [0.25, 0.3) is 0 Å². The van der Waals surface area contributed by atoms with Gasteiger partial charge in [-0.25, -0.2) is 4.79 Å². The van der Waals surface area contributed by atoms with E-state index in [1.165, 1.54) is 7.11 Å². The molecule has 1 aromatic heterocycles. The van der Waals surface area contributed by atoms with E-state index >= 15 is 0 Å². The van der Waals surface area contributed by atoms with Crippen molar-refractivity contribution in [1.29, 1.82) is 0 Å². The number of benzene rings is 1. The first kappa shape index (κ1) is 10.5. The molecule has 1 aromatic carbocycles. The second-order valence-electron chi connectivity index (χ2n) is 3.58. The largest absolute Gasteiger partial charge is 0.465 e. The van der Waals surface area contributed by atoms with Crippen LogP contribution in [0.4, 0.5) is 0 Å². The van der Waals surface area contributed by atoms with Crippen LogP contribution in [0.3, 0.4) is 0 Å². The number of carbonyl (C=O) groups excluding carboxylic acids is 1. The molecule has 0 spiro atoms. The summed E-state index contributed by atoms with van der Waals surface area (Å²) < 4.78 is 4.78. The maximum absolute atomic E-state index is 11.6. The van der Waals surface area contributed by atoms with Crippen LogP contribution in [0.15, 0.2) is 36.5 Å². The third-order valence-electron chi connectivity index (χ3n) is 2.53. The van der Waals surface area contributed by atoms with Crippen LogP contribution < -0.4 is 0 Å². The minimum Gasteiger partial charge on any atom is -0.465 e. The van der Waals surface area contributed by atoms with Crippen LogP contribution in [0, 0.1) is 6.92 Å². The molecule has 0 fully saturated rings. The van der Waals surface area contributed by atoms with Crippen LogP contribution in [-0.2, 0) is 4.74 Å². The summed E-state index contributed by atoms with van der Waals surface area (Å²) in [6.45, 7) is 1.88. The third kappa shape index (κ3) is 1.72. The van der Waals surface area contributed by atoms with Gasteiger partial charge in [0.2, 0.25) is 0 Å². The molecular weight excluding hydrogens is 202 g/mol. The normalized spacial score (nSPS) is 10.1. The highest BCUT2D eigenvalue weighted by Gasteiger charge is 2.17. The van der Waals surface area contributed by atoms with E-state index < -0.39 is 0 Å². The van der Waals surface area contributed by atoms with Gasteiger partial charge in [0.1, 0.15) is 0 Å². The molecule has 2 rings (SSSR count). The molecular formula is C13H13NO2. The average molecular weight is 215 g/mol. The molecule has 82 valence electrons. The fraction of sp³-hybridized carbons (Fsp3) is 0.154. The Bertz CT molecular complexity index is 500. The van der Waals surface area contributed by atoms with Crippen molar-refractivity contribution in [2.24, 2.45) is 0 Å². The molecule has 0 saturated heterocycles. The minimum absolute atomic E-state index is 0.308. The van der Waals surface area contributed by atoms with Crippen LogP contribution in [0.1, 0.15) is 15.9 Å². The third-order valence-corrected chi connectivity index (χ3v) is 2.53. The smallest absolute Gasteiger partial charge is 0.340 e. The van der Waals surface area contributed by atoms with Gasteiger partial charge in [0.15, 0.2) is 0 Å². The number of hydrogen-bond acceptors (Lipinski definition) is 2. The molecule has 1 heterocycles. The number of carbonyl (C=O) groups is 1. The van der Waals surface area contributed by atoms with E-state index in [4.69, 9.17) is 4.74 Å². The molecule has 0 bridgehead atoms. The van der Waals surface area contributed by atoms with Crippen LogP contribution in [0.2, 0.25) is 0 Å². The van der Waals surface area contributed by atoms with Crippen LogP contribution in [-0.4, -0.2) is 18.1 Å². The first-order valence-corrected chi connectivity index (χ1v) is 5.05. The molecule has 0 unspecified atom stereocenters. The summed E-state index contributed by atoms with van der Waals surface area (Å²) in [6.07, 6.45) is 1.81. The predicted molar refractivity (Wildman–Crippen MR) is 62.3 cm³/mol. The highest BCUT2D eigenvalue weighted by Crippen LogP contribution is 2.25.